The van der Waals surface area contributed by atoms with Gasteiger partial charge in [0.05, 0.1) is 0 Å². The number of hydrogen-bond acceptors (Lipinski definition) is 6. The molecule has 1 atom stereocenters. The molecule has 0 saturated heterocycles. The first kappa shape index (κ1) is 61.1. The Balaban J connectivity index is 4.51. The van der Waals surface area contributed by atoms with Crippen LogP contribution in [0.5, 0.6) is 0 Å². The van der Waals surface area contributed by atoms with E-state index in [1.54, 1.807) is 0 Å². The van der Waals surface area contributed by atoms with Gasteiger partial charge in [-0.25, -0.2) is 0 Å². The van der Waals surface area contributed by atoms with Crippen LogP contribution < -0.4 is 0 Å². The second kappa shape index (κ2) is 52.7. The van der Waals surface area contributed by atoms with Crippen LogP contribution in [0.1, 0.15) is 226 Å². The highest BCUT2D eigenvalue weighted by Gasteiger charge is 2.19. The maximum absolute atomic E-state index is 12.8. The molecular weight excluding hydrogens is 805 g/mol. The molecule has 0 unspecified atom stereocenters. The largest absolute Gasteiger partial charge is 0.462 e. The van der Waals surface area contributed by atoms with Crippen LogP contribution in [-0.2, 0) is 28.6 Å². The summed E-state index contributed by atoms with van der Waals surface area (Å²) in [6, 6.07) is 0. The lowest BCUT2D eigenvalue weighted by Crippen LogP contribution is -2.30. The van der Waals surface area contributed by atoms with Gasteiger partial charge in [0.1, 0.15) is 13.2 Å². The molecule has 6 heteroatoms. The second-order valence-electron chi connectivity index (χ2n) is 17.0. The minimum atomic E-state index is -0.817. The smallest absolute Gasteiger partial charge is 0.306 e. The summed E-state index contributed by atoms with van der Waals surface area (Å²) in [5, 5.41) is 0. The molecule has 0 N–H and O–H groups in total. The zero-order chi connectivity index (χ0) is 47.2. The lowest BCUT2D eigenvalue weighted by molar-refractivity contribution is -0.166. The van der Waals surface area contributed by atoms with E-state index in [1.807, 2.05) is 12.2 Å². The molecule has 0 aromatic carbocycles. The summed E-state index contributed by atoms with van der Waals surface area (Å²) in [7, 11) is 0. The van der Waals surface area contributed by atoms with Crippen molar-refractivity contribution in [2.45, 2.75) is 232 Å². The van der Waals surface area contributed by atoms with Gasteiger partial charge in [-0.1, -0.05) is 207 Å². The Kier molecular flexibility index (Phi) is 49.5. The Labute approximate surface area is 400 Å². The summed E-state index contributed by atoms with van der Waals surface area (Å²) in [5.74, 6) is -1.02. The number of rotatable bonds is 46. The Morgan fingerprint density at radius 2 is 0.646 bits per heavy atom. The Hall–Kier alpha value is -3.93. The first-order valence-electron chi connectivity index (χ1n) is 26.4. The fraction of sp³-hybridized carbons (Fsp3) is 0.644. The standard InChI is InChI=1S/C59H96O6/c1-4-7-10-13-16-19-22-24-26-28-29-31-32-34-37-40-43-46-49-52-58(61)64-55-56(54-63-57(60)51-48-45-42-39-36-21-18-15-12-9-6-3)65-59(62)53-50-47-44-41-38-35-33-30-27-25-23-20-17-14-11-8-5-2/h7,10,15-20,24-27,29,31,34,37,43,46,56H,4-6,8-9,11-14,21-23,28,30,32-33,35-36,38-42,44-45,47-55H2,1-3H3/b10-7-,18-15-,19-16-,20-17-,26-24-,27-25-,31-29-,37-34-,46-43-/t56-/m0/s1. The van der Waals surface area contributed by atoms with E-state index in [9.17, 15) is 14.4 Å². The highest BCUT2D eigenvalue weighted by atomic mass is 16.6. The maximum atomic E-state index is 12.8. The van der Waals surface area contributed by atoms with Gasteiger partial charge in [-0.2, -0.15) is 0 Å². The molecule has 0 heterocycles. The summed E-state index contributed by atoms with van der Waals surface area (Å²) >= 11 is 0. The SMILES string of the molecule is CC/C=C\C/C=C\C/C=C\C/C=C\C/C=C\C/C=C\CCC(=O)OC[C@H](COC(=O)CCCCCCC/C=C\CCCC)OC(=O)CCCCCCCCC/C=C\C/C=C\CCCCC. The van der Waals surface area contributed by atoms with Crippen LogP contribution in [0, 0.1) is 0 Å². The number of hydrogen-bond donors (Lipinski definition) is 0. The van der Waals surface area contributed by atoms with Gasteiger partial charge in [-0.05, 0) is 109 Å². The monoisotopic (exact) mass is 901 g/mol. The fourth-order valence-electron chi connectivity index (χ4n) is 6.77. The van der Waals surface area contributed by atoms with Gasteiger partial charge in [0, 0.05) is 19.3 Å². The predicted molar refractivity (Wildman–Crippen MR) is 279 cm³/mol. The molecule has 368 valence electrons. The molecule has 0 fully saturated rings. The van der Waals surface area contributed by atoms with Gasteiger partial charge in [-0.15, -0.1) is 0 Å². The summed E-state index contributed by atoms with van der Waals surface area (Å²) in [4.78, 5) is 38.0. The van der Waals surface area contributed by atoms with Crippen molar-refractivity contribution in [3.05, 3.63) is 109 Å². The van der Waals surface area contributed by atoms with E-state index in [2.05, 4.69) is 118 Å². The summed E-state index contributed by atoms with van der Waals surface area (Å²) in [5.41, 5.74) is 0. The number of unbranched alkanes of at least 4 members (excludes halogenated alkanes) is 17. The number of allylic oxidation sites excluding steroid dienone is 18. The average Bonchev–Trinajstić information content (AvgIpc) is 3.30. The van der Waals surface area contributed by atoms with Gasteiger partial charge < -0.3 is 14.2 Å². The van der Waals surface area contributed by atoms with Crippen LogP contribution >= 0.6 is 0 Å². The first-order valence-corrected chi connectivity index (χ1v) is 26.4. The maximum Gasteiger partial charge on any atom is 0.306 e. The molecule has 0 spiro atoms. The molecule has 0 aromatic rings. The van der Waals surface area contributed by atoms with E-state index >= 15 is 0 Å². The molecule has 0 aliphatic heterocycles. The van der Waals surface area contributed by atoms with Gasteiger partial charge in [0.15, 0.2) is 6.10 Å². The fourth-order valence-corrected chi connectivity index (χ4v) is 6.77. The molecule has 6 nitrogen and oxygen atoms in total. The van der Waals surface area contributed by atoms with Crippen LogP contribution in [-0.4, -0.2) is 37.2 Å². The quantitative estimate of drug-likeness (QED) is 0.0262. The van der Waals surface area contributed by atoms with Crippen molar-refractivity contribution < 1.29 is 28.6 Å². The van der Waals surface area contributed by atoms with Crippen molar-refractivity contribution in [3.63, 3.8) is 0 Å². The number of ether oxygens (including phenoxy) is 3. The van der Waals surface area contributed by atoms with Crippen molar-refractivity contribution in [3.8, 4) is 0 Å². The predicted octanol–water partition coefficient (Wildman–Crippen LogP) is 17.5. The number of esters is 3. The van der Waals surface area contributed by atoms with Gasteiger partial charge in [-0.3, -0.25) is 14.4 Å². The van der Waals surface area contributed by atoms with Crippen LogP contribution in [0.3, 0.4) is 0 Å². The van der Waals surface area contributed by atoms with Crippen molar-refractivity contribution >= 4 is 17.9 Å². The second-order valence-corrected chi connectivity index (χ2v) is 17.0. The molecule has 0 bridgehead atoms. The lowest BCUT2D eigenvalue weighted by Gasteiger charge is -2.18. The zero-order valence-electron chi connectivity index (χ0n) is 42.0. The van der Waals surface area contributed by atoms with Crippen LogP contribution in [0.4, 0.5) is 0 Å². The molecule has 0 amide bonds. The molecule has 0 aliphatic carbocycles. The topological polar surface area (TPSA) is 78.9 Å². The molecule has 0 rings (SSSR count). The van der Waals surface area contributed by atoms with Crippen LogP contribution in [0.2, 0.25) is 0 Å². The molecule has 65 heavy (non-hydrogen) atoms. The van der Waals surface area contributed by atoms with Gasteiger partial charge in [0.2, 0.25) is 0 Å². The minimum absolute atomic E-state index is 0.111. The summed E-state index contributed by atoms with van der Waals surface area (Å²) in [6.45, 7) is 6.37. The summed E-state index contributed by atoms with van der Waals surface area (Å²) < 4.78 is 16.7. The first-order chi connectivity index (χ1) is 32.0. The van der Waals surface area contributed by atoms with E-state index in [4.69, 9.17) is 14.2 Å². The number of carbonyl (C=O) groups is 3. The average molecular weight is 901 g/mol. The van der Waals surface area contributed by atoms with E-state index in [0.29, 0.717) is 19.3 Å². The van der Waals surface area contributed by atoms with Gasteiger partial charge >= 0.3 is 17.9 Å². The van der Waals surface area contributed by atoms with E-state index in [-0.39, 0.29) is 37.5 Å². The Morgan fingerprint density at radius 1 is 0.323 bits per heavy atom. The number of carbonyl (C=O) groups excluding carboxylic acids is 3. The lowest BCUT2D eigenvalue weighted by atomic mass is 10.1. The molecule has 0 aliphatic rings. The third-order valence-corrected chi connectivity index (χ3v) is 10.7. The molecule has 0 aromatic heterocycles. The van der Waals surface area contributed by atoms with E-state index < -0.39 is 6.10 Å². The third-order valence-electron chi connectivity index (χ3n) is 10.7. The third kappa shape index (κ3) is 50.9. The summed E-state index contributed by atoms with van der Waals surface area (Å²) in [6.07, 6.45) is 70.8. The molecule has 0 radical (unpaired) electrons. The highest BCUT2D eigenvalue weighted by molar-refractivity contribution is 5.71. The normalized spacial score (nSPS) is 13.0. The Bertz CT molecular complexity index is 1360. The van der Waals surface area contributed by atoms with Gasteiger partial charge in [0.25, 0.3) is 0 Å². The van der Waals surface area contributed by atoms with Crippen molar-refractivity contribution in [2.24, 2.45) is 0 Å². The van der Waals surface area contributed by atoms with Crippen molar-refractivity contribution in [1.82, 2.24) is 0 Å². The van der Waals surface area contributed by atoms with Crippen molar-refractivity contribution in [2.75, 3.05) is 13.2 Å². The van der Waals surface area contributed by atoms with Crippen molar-refractivity contribution in [1.29, 1.82) is 0 Å². The molecule has 0 saturated carbocycles. The Morgan fingerprint density at radius 3 is 1.09 bits per heavy atom. The van der Waals surface area contributed by atoms with E-state index in [0.717, 1.165) is 103 Å². The van der Waals surface area contributed by atoms with Crippen LogP contribution in [0.25, 0.3) is 0 Å². The molecular formula is C59H96O6. The highest BCUT2D eigenvalue weighted by Crippen LogP contribution is 2.13. The van der Waals surface area contributed by atoms with Crippen LogP contribution in [0.15, 0.2) is 109 Å². The minimum Gasteiger partial charge on any atom is -0.462 e. The zero-order valence-corrected chi connectivity index (χ0v) is 42.0. The van der Waals surface area contributed by atoms with E-state index in [1.165, 1.54) is 77.0 Å².